The van der Waals surface area contributed by atoms with Crippen LogP contribution in [0.25, 0.3) is 0 Å². The number of rotatable bonds is 44. The molecule has 0 spiro atoms. The van der Waals surface area contributed by atoms with E-state index in [2.05, 4.69) is 51.7 Å². The van der Waals surface area contributed by atoms with E-state index in [1.807, 2.05) is 0 Å². The van der Waals surface area contributed by atoms with E-state index in [1.54, 1.807) is 0 Å². The summed E-state index contributed by atoms with van der Waals surface area (Å²) in [4.78, 5) is 92.9. The van der Waals surface area contributed by atoms with E-state index in [0.717, 1.165) is 83.5 Å². The van der Waals surface area contributed by atoms with E-state index >= 15 is 0 Å². The number of unbranched alkanes of at least 4 members (excludes halogenated alkanes) is 22. The quantitative estimate of drug-likeness (QED) is 0.0119. The number of phosphoric acid groups is 4. The highest BCUT2D eigenvalue weighted by Gasteiger charge is 2.59. The molecular weight excluding hydrogens is 1020 g/mol. The topological polar surface area (TPSA) is 349 Å². The van der Waals surface area contributed by atoms with Crippen molar-refractivity contribution < 1.29 is 104 Å². The molecule has 6 unspecified atom stereocenters. The minimum Gasteiger partial charge on any atom is -0.462 e. The summed E-state index contributed by atoms with van der Waals surface area (Å²) in [6.07, 6.45) is 18.1. The van der Waals surface area contributed by atoms with Gasteiger partial charge >= 0.3 is 43.2 Å². The summed E-state index contributed by atoms with van der Waals surface area (Å²) >= 11 is 0. The minimum absolute atomic E-state index is 0.0248. The Bertz CT molecular complexity index is 1650. The SMILES string of the molecule is CCCCCCC=CCCCCCCCCCC(=O)O[C@H](COC(=O)CCCCCCCC=CCCCCCCCC)COP(=O)(O)OC1C(O)C(OP(=O)(O)O)C(OP(=O)(O)O)[C@@H](OP(=O)(O)O)C1O. The summed E-state index contributed by atoms with van der Waals surface area (Å²) in [5.41, 5.74) is 0. The van der Waals surface area contributed by atoms with Crippen LogP contribution in [0, 0.1) is 0 Å². The molecule has 1 saturated carbocycles. The van der Waals surface area contributed by atoms with Gasteiger partial charge in [-0.15, -0.1) is 0 Å². The number of aliphatic hydroxyl groups excluding tert-OH is 2. The number of allylic oxidation sites excluding steroid dienone is 4. The van der Waals surface area contributed by atoms with E-state index < -0.39 is 99.2 Å². The van der Waals surface area contributed by atoms with Gasteiger partial charge < -0.3 is 53.9 Å². The van der Waals surface area contributed by atoms with Gasteiger partial charge in [-0.1, -0.05) is 141 Å². The van der Waals surface area contributed by atoms with Gasteiger partial charge in [-0.25, -0.2) is 18.3 Å². The largest absolute Gasteiger partial charge is 0.472 e. The molecule has 0 heterocycles. The van der Waals surface area contributed by atoms with Crippen LogP contribution in [0.4, 0.5) is 0 Å². The monoisotopic (exact) mass is 1100 g/mol. The number of phosphoric ester groups is 4. The summed E-state index contributed by atoms with van der Waals surface area (Å²) < 4.78 is 82.2. The fraction of sp³-hybridized carbons (Fsp3) is 0.867. The lowest BCUT2D eigenvalue weighted by atomic mass is 9.85. The number of hydrogen-bond donors (Lipinski definition) is 9. The Labute approximate surface area is 420 Å². The Morgan fingerprint density at radius 1 is 0.437 bits per heavy atom. The van der Waals surface area contributed by atoms with Gasteiger partial charge in [-0.3, -0.25) is 32.2 Å². The van der Waals surface area contributed by atoms with E-state index in [4.69, 9.17) is 18.5 Å². The summed E-state index contributed by atoms with van der Waals surface area (Å²) in [6.45, 7) is 2.74. The van der Waals surface area contributed by atoms with Crippen LogP contribution in [0.15, 0.2) is 24.3 Å². The molecule has 26 heteroatoms. The van der Waals surface area contributed by atoms with Gasteiger partial charge in [-0.05, 0) is 64.2 Å². The van der Waals surface area contributed by atoms with Crippen molar-refractivity contribution in [2.24, 2.45) is 0 Å². The normalized spacial score (nSPS) is 21.5. The molecule has 9 N–H and O–H groups in total. The van der Waals surface area contributed by atoms with Crippen LogP contribution in [-0.2, 0) is 59.9 Å². The summed E-state index contributed by atoms with van der Waals surface area (Å²) in [5, 5.41) is 21.9. The Morgan fingerprint density at radius 2 is 0.775 bits per heavy atom. The molecule has 0 aromatic heterocycles. The molecule has 418 valence electrons. The van der Waals surface area contributed by atoms with Gasteiger partial charge in [0.1, 0.15) is 43.2 Å². The lowest BCUT2D eigenvalue weighted by molar-refractivity contribution is -0.209. The van der Waals surface area contributed by atoms with Crippen molar-refractivity contribution in [2.75, 3.05) is 13.2 Å². The van der Waals surface area contributed by atoms with Gasteiger partial charge in [0, 0.05) is 12.8 Å². The third-order valence-corrected chi connectivity index (χ3v) is 14.0. The first kappa shape index (κ1) is 67.8. The van der Waals surface area contributed by atoms with E-state index in [-0.39, 0.29) is 12.8 Å². The van der Waals surface area contributed by atoms with E-state index in [1.165, 1.54) is 64.2 Å². The first-order valence-electron chi connectivity index (χ1n) is 25.4. The summed E-state index contributed by atoms with van der Waals surface area (Å²) in [6, 6.07) is 0. The van der Waals surface area contributed by atoms with Crippen LogP contribution < -0.4 is 0 Å². The number of carbonyl (C=O) groups is 2. The van der Waals surface area contributed by atoms with Crippen molar-refractivity contribution in [1.82, 2.24) is 0 Å². The molecule has 0 aromatic carbocycles. The lowest BCUT2D eigenvalue weighted by Crippen LogP contribution is -2.65. The molecule has 1 aliphatic carbocycles. The smallest absolute Gasteiger partial charge is 0.462 e. The second kappa shape index (κ2) is 38.3. The van der Waals surface area contributed by atoms with Crippen LogP contribution in [0.5, 0.6) is 0 Å². The van der Waals surface area contributed by atoms with E-state index in [9.17, 15) is 72.3 Å². The highest BCUT2D eigenvalue weighted by molar-refractivity contribution is 7.47. The Kier molecular flexibility index (Phi) is 36.6. The maximum absolute atomic E-state index is 13.3. The lowest BCUT2D eigenvalue weighted by Gasteiger charge is -2.45. The molecule has 1 fully saturated rings. The second-order valence-corrected chi connectivity index (χ2v) is 22.9. The Hall–Kier alpha value is -1.22. The van der Waals surface area contributed by atoms with Crippen LogP contribution in [0.2, 0.25) is 0 Å². The minimum atomic E-state index is -5.79. The first-order chi connectivity index (χ1) is 33.5. The predicted molar refractivity (Wildman–Crippen MR) is 263 cm³/mol. The zero-order valence-electron chi connectivity index (χ0n) is 41.7. The van der Waals surface area contributed by atoms with Crippen LogP contribution in [0.3, 0.4) is 0 Å². The third kappa shape index (κ3) is 36.4. The number of aliphatic hydroxyl groups is 2. The number of ether oxygens (including phenoxy) is 2. The highest BCUT2D eigenvalue weighted by Crippen LogP contribution is 2.53. The van der Waals surface area contributed by atoms with Crippen LogP contribution in [-0.4, -0.2) is 112 Å². The molecule has 71 heavy (non-hydrogen) atoms. The third-order valence-electron chi connectivity index (χ3n) is 11.5. The molecule has 0 saturated heterocycles. The molecule has 1 rings (SSSR count). The van der Waals surface area contributed by atoms with Gasteiger partial charge in [0.25, 0.3) is 0 Å². The molecule has 0 aliphatic heterocycles. The molecule has 22 nitrogen and oxygen atoms in total. The number of hydrogen-bond acceptors (Lipinski definition) is 15. The highest BCUT2D eigenvalue weighted by atomic mass is 31.2. The molecule has 1 aliphatic rings. The van der Waals surface area contributed by atoms with Crippen LogP contribution >= 0.6 is 31.3 Å². The maximum Gasteiger partial charge on any atom is 0.472 e. The van der Waals surface area contributed by atoms with Gasteiger partial charge in [-0.2, -0.15) is 0 Å². The summed E-state index contributed by atoms with van der Waals surface area (Å²) in [7, 11) is -23.0. The summed E-state index contributed by atoms with van der Waals surface area (Å²) in [5.74, 6) is -1.41. The molecular formula is C45H86O22P4. The van der Waals surface area contributed by atoms with Crippen molar-refractivity contribution in [1.29, 1.82) is 0 Å². The Morgan fingerprint density at radius 3 is 1.17 bits per heavy atom. The fourth-order valence-corrected chi connectivity index (χ4v) is 10.4. The first-order valence-corrected chi connectivity index (χ1v) is 31.5. The van der Waals surface area contributed by atoms with Gasteiger partial charge in [0.2, 0.25) is 0 Å². The van der Waals surface area contributed by atoms with Crippen molar-refractivity contribution >= 4 is 43.2 Å². The molecule has 0 bridgehead atoms. The van der Waals surface area contributed by atoms with E-state index in [0.29, 0.717) is 19.3 Å². The zero-order chi connectivity index (χ0) is 53.2. The molecule has 0 aromatic rings. The molecule has 0 radical (unpaired) electrons. The van der Waals surface area contributed by atoms with Crippen molar-refractivity contribution in [3.63, 3.8) is 0 Å². The standard InChI is InChI=1S/C45H86O22P4/c1-3-5-7-9-11-13-15-17-19-21-23-25-27-29-31-33-38(46)61-35-37(63-39(47)34-32-30-28-26-24-22-20-18-16-14-12-10-8-6-4-2)36-62-71(59,60)67-42-40(48)43(64-68(50,51)52)45(66-70(56,57)58)44(41(42)49)65-69(53,54)55/h14,16-17,19,37,40-45,48-49H,3-13,15,18,20-36H2,1-2H3,(H,59,60)(H2,50,51,52)(H2,53,54,55)(H2,56,57,58)/t37-,40?,41?,42?,43+,44?,45?/m1/s1. The molecule has 0 amide bonds. The molecule has 8 atom stereocenters. The predicted octanol–water partition coefficient (Wildman–Crippen LogP) is 9.19. The average Bonchev–Trinajstić information content (AvgIpc) is 3.27. The van der Waals surface area contributed by atoms with Crippen molar-refractivity contribution in [3.05, 3.63) is 24.3 Å². The average molecular weight is 1100 g/mol. The van der Waals surface area contributed by atoms with Gasteiger partial charge in [0.15, 0.2) is 6.10 Å². The van der Waals surface area contributed by atoms with Crippen molar-refractivity contribution in [2.45, 2.75) is 236 Å². The van der Waals surface area contributed by atoms with Gasteiger partial charge in [0.05, 0.1) is 6.61 Å². The zero-order valence-corrected chi connectivity index (χ0v) is 45.3. The van der Waals surface area contributed by atoms with Crippen molar-refractivity contribution in [3.8, 4) is 0 Å². The number of carbonyl (C=O) groups excluding carboxylic acids is 2. The number of esters is 2. The fourth-order valence-electron chi connectivity index (χ4n) is 7.78. The van der Waals surface area contributed by atoms with Crippen LogP contribution in [0.1, 0.15) is 194 Å². The maximum atomic E-state index is 13.3. The Balaban J connectivity index is 2.88. The second-order valence-electron chi connectivity index (χ2n) is 18.0.